The number of amides is 1. The Bertz CT molecular complexity index is 1090. The third-order valence-electron chi connectivity index (χ3n) is 5.25. The number of ether oxygens (including phenoxy) is 1. The summed E-state index contributed by atoms with van der Waals surface area (Å²) in [5.41, 5.74) is 2.28. The van der Waals surface area contributed by atoms with Crippen molar-refractivity contribution in [2.45, 2.75) is 37.1 Å². The lowest BCUT2D eigenvalue weighted by Crippen LogP contribution is -2.17. The lowest BCUT2D eigenvalue weighted by atomic mass is 10.1. The molecule has 2 aliphatic heterocycles. The molecule has 9 heteroatoms. The molecule has 1 unspecified atom stereocenters. The van der Waals surface area contributed by atoms with Gasteiger partial charge in [-0.2, -0.15) is 0 Å². The summed E-state index contributed by atoms with van der Waals surface area (Å²) >= 11 is 3.01. The summed E-state index contributed by atoms with van der Waals surface area (Å²) in [6.45, 7) is 1.47. The zero-order valence-corrected chi connectivity index (χ0v) is 17.8. The average molecular weight is 441 g/mol. The fraction of sp³-hybridized carbons (Fsp3) is 0.333. The average Bonchev–Trinajstić information content (AvgIpc) is 3.52. The second-order valence-corrected chi connectivity index (χ2v) is 9.23. The molecular weight excluding hydrogens is 420 g/mol. The Morgan fingerprint density at radius 2 is 2.27 bits per heavy atom. The molecule has 30 heavy (non-hydrogen) atoms. The number of Topliss-reactive ketones (excluding diaryl/α,β-unsaturated/α-hetero) is 1. The maximum Gasteiger partial charge on any atom is 0.228 e. The smallest absolute Gasteiger partial charge is 0.228 e. The summed E-state index contributed by atoms with van der Waals surface area (Å²) in [5.74, 6) is 1.05. The van der Waals surface area contributed by atoms with Crippen LogP contribution in [0.3, 0.4) is 0 Å². The van der Waals surface area contributed by atoms with Crippen molar-refractivity contribution in [3.63, 3.8) is 0 Å². The predicted molar refractivity (Wildman–Crippen MR) is 116 cm³/mol. The zero-order valence-electron chi connectivity index (χ0n) is 16.2. The van der Waals surface area contributed by atoms with Gasteiger partial charge in [0.25, 0.3) is 0 Å². The molecule has 0 bridgehead atoms. The largest absolute Gasteiger partial charge is 0.376 e. The lowest BCUT2D eigenvalue weighted by molar-refractivity contribution is -0.115. The van der Waals surface area contributed by atoms with Gasteiger partial charge in [-0.1, -0.05) is 17.8 Å². The van der Waals surface area contributed by atoms with Gasteiger partial charge in [-0.15, -0.1) is 21.5 Å². The topological polar surface area (TPSA) is 86.1 Å². The van der Waals surface area contributed by atoms with Crippen molar-refractivity contribution >= 4 is 40.5 Å². The van der Waals surface area contributed by atoms with E-state index in [-0.39, 0.29) is 23.5 Å². The van der Waals surface area contributed by atoms with E-state index >= 15 is 0 Å². The molecule has 2 aromatic heterocycles. The minimum atomic E-state index is -0.0349. The Kier molecular flexibility index (Phi) is 5.41. The summed E-state index contributed by atoms with van der Waals surface area (Å²) in [5, 5.41) is 14.3. The minimum Gasteiger partial charge on any atom is -0.376 e. The minimum absolute atomic E-state index is 0.00601. The molecule has 1 atom stereocenters. The molecule has 0 saturated carbocycles. The van der Waals surface area contributed by atoms with Crippen LogP contribution in [0.25, 0.3) is 10.7 Å². The van der Waals surface area contributed by atoms with Gasteiger partial charge in [0.15, 0.2) is 16.8 Å². The Morgan fingerprint density at radius 1 is 1.33 bits per heavy atom. The number of carbonyl (C=O) groups excluding carboxylic acids is 2. The van der Waals surface area contributed by atoms with Crippen LogP contribution in [0.4, 0.5) is 5.69 Å². The van der Waals surface area contributed by atoms with Gasteiger partial charge >= 0.3 is 0 Å². The number of hydrogen-bond acceptors (Lipinski definition) is 7. The molecule has 4 heterocycles. The Labute approximate surface area is 181 Å². The van der Waals surface area contributed by atoms with Crippen molar-refractivity contribution in [3.8, 4) is 10.7 Å². The highest BCUT2D eigenvalue weighted by atomic mass is 32.2. The summed E-state index contributed by atoms with van der Waals surface area (Å²) < 4.78 is 7.89. The number of benzene rings is 1. The SMILES string of the molecule is O=C1Cc2cc(C(=O)CSc3nnc(-c4cccs4)n3CC3CCCO3)ccc2N1. The van der Waals surface area contributed by atoms with Crippen LogP contribution < -0.4 is 5.32 Å². The number of fused-ring (bicyclic) bond motifs is 1. The molecule has 1 amide bonds. The van der Waals surface area contributed by atoms with Crippen LogP contribution in [0.2, 0.25) is 0 Å². The molecule has 1 N–H and O–H groups in total. The van der Waals surface area contributed by atoms with Crippen LogP contribution in [0.1, 0.15) is 28.8 Å². The van der Waals surface area contributed by atoms with Crippen molar-refractivity contribution in [2.24, 2.45) is 0 Å². The Hall–Kier alpha value is -2.49. The first kappa shape index (κ1) is 19.5. The summed E-state index contributed by atoms with van der Waals surface area (Å²) in [4.78, 5) is 25.4. The predicted octanol–water partition coefficient (Wildman–Crippen LogP) is 3.66. The molecule has 7 nitrogen and oxygen atoms in total. The highest BCUT2D eigenvalue weighted by Gasteiger charge is 2.23. The number of nitrogens with zero attached hydrogens (tertiary/aromatic N) is 3. The number of anilines is 1. The summed E-state index contributed by atoms with van der Waals surface area (Å²) in [6.07, 6.45) is 2.56. The monoisotopic (exact) mass is 440 g/mol. The van der Waals surface area contributed by atoms with Crippen LogP contribution in [0.15, 0.2) is 40.9 Å². The van der Waals surface area contributed by atoms with Crippen LogP contribution in [-0.2, 0) is 22.5 Å². The van der Waals surface area contributed by atoms with E-state index in [9.17, 15) is 9.59 Å². The standard InChI is InChI=1S/C21H20N4O3S2/c26-17(13-5-6-16-14(9-13)10-19(27)22-16)12-30-21-24-23-20(18-4-2-8-29-18)25(21)11-15-3-1-7-28-15/h2,4-6,8-9,15H,1,3,7,10-12H2,(H,22,27). The Balaban J connectivity index is 1.34. The number of carbonyl (C=O) groups is 2. The third kappa shape index (κ3) is 3.92. The second kappa shape index (κ2) is 8.33. The quantitative estimate of drug-likeness (QED) is 0.446. The van der Waals surface area contributed by atoms with E-state index in [4.69, 9.17) is 4.74 Å². The molecular formula is C21H20N4O3S2. The Morgan fingerprint density at radius 3 is 3.07 bits per heavy atom. The zero-order chi connectivity index (χ0) is 20.5. The van der Waals surface area contributed by atoms with Gasteiger partial charge in [0, 0.05) is 17.9 Å². The fourth-order valence-corrected chi connectivity index (χ4v) is 5.32. The summed E-state index contributed by atoms with van der Waals surface area (Å²) in [6, 6.07) is 9.40. The van der Waals surface area contributed by atoms with E-state index in [1.54, 1.807) is 23.5 Å². The molecule has 0 radical (unpaired) electrons. The molecule has 1 fully saturated rings. The van der Waals surface area contributed by atoms with Gasteiger partial charge in [0.2, 0.25) is 5.91 Å². The van der Waals surface area contributed by atoms with E-state index in [1.165, 1.54) is 11.8 Å². The second-order valence-electron chi connectivity index (χ2n) is 7.34. The molecule has 0 aliphatic carbocycles. The molecule has 2 aliphatic rings. The number of thiophene rings is 1. The highest BCUT2D eigenvalue weighted by Crippen LogP contribution is 2.30. The van der Waals surface area contributed by atoms with E-state index in [2.05, 4.69) is 20.1 Å². The first-order valence-electron chi connectivity index (χ1n) is 9.85. The van der Waals surface area contributed by atoms with Crippen molar-refractivity contribution in [1.29, 1.82) is 0 Å². The van der Waals surface area contributed by atoms with E-state index in [0.717, 1.165) is 46.6 Å². The fourth-order valence-electron chi connectivity index (χ4n) is 3.76. The number of nitrogens with one attached hydrogen (secondary N) is 1. The molecule has 3 aromatic rings. The van der Waals surface area contributed by atoms with Crippen LogP contribution >= 0.6 is 23.1 Å². The number of aromatic nitrogens is 3. The van der Waals surface area contributed by atoms with Gasteiger partial charge in [-0.25, -0.2) is 0 Å². The van der Waals surface area contributed by atoms with Crippen molar-refractivity contribution in [2.75, 3.05) is 17.7 Å². The number of rotatable bonds is 7. The van der Waals surface area contributed by atoms with Crippen molar-refractivity contribution < 1.29 is 14.3 Å². The van der Waals surface area contributed by atoms with Crippen LogP contribution in [0.5, 0.6) is 0 Å². The van der Waals surface area contributed by atoms with Crippen LogP contribution in [-0.4, -0.2) is 44.9 Å². The molecule has 5 rings (SSSR count). The van der Waals surface area contributed by atoms with E-state index < -0.39 is 0 Å². The van der Waals surface area contributed by atoms with Gasteiger partial charge in [-0.3, -0.25) is 14.2 Å². The lowest BCUT2D eigenvalue weighted by Gasteiger charge is -2.14. The normalized spacial score (nSPS) is 17.9. The van der Waals surface area contributed by atoms with Gasteiger partial charge in [0.05, 0.1) is 29.7 Å². The number of ketones is 1. The molecule has 154 valence electrons. The number of hydrogen-bond donors (Lipinski definition) is 1. The van der Waals surface area contributed by atoms with E-state index in [1.807, 2.05) is 23.6 Å². The van der Waals surface area contributed by atoms with Crippen molar-refractivity contribution in [3.05, 3.63) is 46.8 Å². The maximum atomic E-state index is 12.8. The number of thioether (sulfide) groups is 1. The summed E-state index contributed by atoms with van der Waals surface area (Å²) in [7, 11) is 0. The maximum absolute atomic E-state index is 12.8. The third-order valence-corrected chi connectivity index (χ3v) is 7.09. The van der Waals surface area contributed by atoms with Gasteiger partial charge in [-0.05, 0) is 48.1 Å². The van der Waals surface area contributed by atoms with Gasteiger partial charge in [0.1, 0.15) is 0 Å². The van der Waals surface area contributed by atoms with Crippen molar-refractivity contribution in [1.82, 2.24) is 14.8 Å². The first-order chi connectivity index (χ1) is 14.7. The molecule has 0 spiro atoms. The molecule has 1 saturated heterocycles. The highest BCUT2D eigenvalue weighted by molar-refractivity contribution is 7.99. The van der Waals surface area contributed by atoms with Gasteiger partial charge < -0.3 is 10.1 Å². The first-order valence-corrected chi connectivity index (χ1v) is 11.7. The molecule has 1 aromatic carbocycles. The van der Waals surface area contributed by atoms with Crippen LogP contribution in [0, 0.1) is 0 Å². The van der Waals surface area contributed by atoms with E-state index in [0.29, 0.717) is 18.5 Å².